The molecule has 0 saturated carbocycles. The largest absolute Gasteiger partial charge is 0.422 e. The van der Waals surface area contributed by atoms with E-state index in [2.05, 4.69) is 21.9 Å². The monoisotopic (exact) mass is 590 g/mol. The lowest BCUT2D eigenvalue weighted by Crippen LogP contribution is -2.32. The predicted octanol–water partition coefficient (Wildman–Crippen LogP) is 6.27. The van der Waals surface area contributed by atoms with Crippen molar-refractivity contribution in [2.45, 2.75) is 25.7 Å². The van der Waals surface area contributed by atoms with Gasteiger partial charge in [0.05, 0.1) is 22.4 Å². The number of carbonyl (C=O) groups excluding carboxylic acids is 3. The number of carbonyl (C=O) groups is 3. The zero-order valence-electron chi connectivity index (χ0n) is 20.8. The third-order valence-corrected chi connectivity index (χ3v) is 8.12. The molecule has 1 aliphatic rings. The first kappa shape index (κ1) is 27.3. The molecule has 200 valence electrons. The quantitative estimate of drug-likeness (QED) is 0.0933. The number of nitrogens with zero attached hydrogens (tertiary/aromatic N) is 2. The summed E-state index contributed by atoms with van der Waals surface area (Å²) in [4.78, 5) is 39.0. The number of ether oxygens (including phenoxy) is 1. The summed E-state index contributed by atoms with van der Waals surface area (Å²) in [5.41, 5.74) is 4.09. The molecular formula is C29H20Cl2N4O4S. The summed E-state index contributed by atoms with van der Waals surface area (Å²) in [6.45, 7) is 0. The normalized spacial score (nSPS) is 12.5. The molecule has 0 bridgehead atoms. The maximum absolute atomic E-state index is 12.9. The second-order valence-corrected chi connectivity index (χ2v) is 10.8. The lowest BCUT2D eigenvalue weighted by molar-refractivity contribution is -0.136. The SMILES string of the molecule is N#Cc1c(NC(=O)C(=O)N/N=C/c2c(OC(=O)c3ccc(Cl)cc3Cl)ccc3ccccc23)sc2c1CCCC2. The molecule has 0 spiro atoms. The fraction of sp³-hybridized carbons (Fsp3) is 0.138. The second kappa shape index (κ2) is 11.9. The van der Waals surface area contributed by atoms with Gasteiger partial charge in [-0.25, -0.2) is 10.2 Å². The average molecular weight is 591 g/mol. The number of amides is 2. The number of nitriles is 1. The van der Waals surface area contributed by atoms with Gasteiger partial charge in [-0.3, -0.25) is 9.59 Å². The molecule has 0 atom stereocenters. The van der Waals surface area contributed by atoms with Gasteiger partial charge in [-0.15, -0.1) is 11.3 Å². The van der Waals surface area contributed by atoms with Crippen LogP contribution in [0.25, 0.3) is 10.8 Å². The minimum atomic E-state index is -1.02. The minimum absolute atomic E-state index is 0.124. The van der Waals surface area contributed by atoms with Crippen molar-refractivity contribution < 1.29 is 19.1 Å². The standard InChI is InChI=1S/C29H20Cl2N4O4S/c30-17-10-11-20(23(31)13-17)29(38)39-24-12-9-16-5-1-2-6-18(16)22(24)15-33-35-27(37)26(36)34-28-21(14-32)19-7-3-4-8-25(19)40-28/h1-2,5-6,9-13,15H,3-4,7-8H2,(H,34,36)(H,35,37)/b33-15+. The Balaban J connectivity index is 1.35. The van der Waals surface area contributed by atoms with E-state index in [9.17, 15) is 19.6 Å². The molecule has 4 aromatic rings. The van der Waals surface area contributed by atoms with Crippen LogP contribution in [0.5, 0.6) is 5.75 Å². The number of esters is 1. The van der Waals surface area contributed by atoms with E-state index < -0.39 is 17.8 Å². The predicted molar refractivity (Wildman–Crippen MR) is 155 cm³/mol. The molecule has 3 aromatic carbocycles. The first-order chi connectivity index (χ1) is 19.4. The molecule has 5 rings (SSSR count). The van der Waals surface area contributed by atoms with E-state index in [0.29, 0.717) is 26.5 Å². The van der Waals surface area contributed by atoms with Crippen LogP contribution in [0.1, 0.15) is 44.8 Å². The fourth-order valence-electron chi connectivity index (χ4n) is 4.45. The average Bonchev–Trinajstić information content (AvgIpc) is 3.30. The van der Waals surface area contributed by atoms with Gasteiger partial charge in [0.1, 0.15) is 16.8 Å². The summed E-state index contributed by atoms with van der Waals surface area (Å²) in [5.74, 6) is -2.51. The smallest absolute Gasteiger partial charge is 0.345 e. The number of hydrogen-bond acceptors (Lipinski definition) is 7. The van der Waals surface area contributed by atoms with E-state index in [4.69, 9.17) is 27.9 Å². The van der Waals surface area contributed by atoms with Crippen LogP contribution >= 0.6 is 34.5 Å². The van der Waals surface area contributed by atoms with Crippen molar-refractivity contribution in [1.82, 2.24) is 5.43 Å². The molecule has 1 heterocycles. The minimum Gasteiger partial charge on any atom is -0.422 e. The van der Waals surface area contributed by atoms with E-state index in [0.717, 1.165) is 41.5 Å². The molecule has 0 fully saturated rings. The van der Waals surface area contributed by atoms with Crippen LogP contribution in [-0.2, 0) is 22.4 Å². The Morgan fingerprint density at radius 3 is 2.62 bits per heavy atom. The molecule has 40 heavy (non-hydrogen) atoms. The van der Waals surface area contributed by atoms with E-state index >= 15 is 0 Å². The van der Waals surface area contributed by atoms with Gasteiger partial charge >= 0.3 is 17.8 Å². The van der Waals surface area contributed by atoms with Gasteiger partial charge in [-0.05, 0) is 66.3 Å². The highest BCUT2D eigenvalue weighted by atomic mass is 35.5. The number of hydrogen-bond donors (Lipinski definition) is 2. The molecule has 0 aliphatic heterocycles. The van der Waals surface area contributed by atoms with Gasteiger partial charge < -0.3 is 10.1 Å². The van der Waals surface area contributed by atoms with Crippen molar-refractivity contribution in [3.05, 3.63) is 91.8 Å². The second-order valence-electron chi connectivity index (χ2n) is 8.89. The lowest BCUT2D eigenvalue weighted by atomic mass is 9.96. The van der Waals surface area contributed by atoms with Crippen LogP contribution in [0.2, 0.25) is 10.0 Å². The molecule has 8 nitrogen and oxygen atoms in total. The Labute approximate surface area is 243 Å². The van der Waals surface area contributed by atoms with Crippen molar-refractivity contribution in [3.8, 4) is 11.8 Å². The number of nitrogens with one attached hydrogen (secondary N) is 2. The molecule has 0 radical (unpaired) electrons. The van der Waals surface area contributed by atoms with Gasteiger partial charge in [-0.2, -0.15) is 10.4 Å². The Hall–Kier alpha value is -4.23. The van der Waals surface area contributed by atoms with Crippen LogP contribution in [-0.4, -0.2) is 24.0 Å². The fourth-order valence-corrected chi connectivity index (χ4v) is 6.17. The Bertz CT molecular complexity index is 1740. The van der Waals surface area contributed by atoms with Gasteiger partial charge in [0.2, 0.25) is 0 Å². The maximum Gasteiger partial charge on any atom is 0.345 e. The van der Waals surface area contributed by atoms with Gasteiger partial charge in [0.25, 0.3) is 0 Å². The molecule has 2 N–H and O–H groups in total. The summed E-state index contributed by atoms with van der Waals surface area (Å²) in [7, 11) is 0. The maximum atomic E-state index is 12.9. The summed E-state index contributed by atoms with van der Waals surface area (Å²) >= 11 is 13.4. The molecule has 0 unspecified atom stereocenters. The topological polar surface area (TPSA) is 121 Å². The van der Waals surface area contributed by atoms with Gasteiger partial charge in [0.15, 0.2) is 0 Å². The summed E-state index contributed by atoms with van der Waals surface area (Å²) in [5, 5.41) is 18.5. The molecular weight excluding hydrogens is 571 g/mol. The highest BCUT2D eigenvalue weighted by molar-refractivity contribution is 7.16. The first-order valence-corrected chi connectivity index (χ1v) is 13.8. The Morgan fingerprint density at radius 2 is 1.82 bits per heavy atom. The number of halogens is 2. The molecule has 2 amide bonds. The van der Waals surface area contributed by atoms with Crippen LogP contribution in [0.15, 0.2) is 59.7 Å². The number of thiophene rings is 1. The molecule has 11 heteroatoms. The number of rotatable bonds is 5. The number of anilines is 1. The van der Waals surface area contributed by atoms with Crippen molar-refractivity contribution in [2.75, 3.05) is 5.32 Å². The van der Waals surface area contributed by atoms with Gasteiger partial charge in [0, 0.05) is 15.5 Å². The third kappa shape index (κ3) is 5.70. The zero-order valence-corrected chi connectivity index (χ0v) is 23.1. The van der Waals surface area contributed by atoms with Crippen LogP contribution in [0.4, 0.5) is 5.00 Å². The number of aryl methyl sites for hydroxylation is 1. The summed E-state index contributed by atoms with van der Waals surface area (Å²) in [6.07, 6.45) is 4.94. The summed E-state index contributed by atoms with van der Waals surface area (Å²) < 4.78 is 5.63. The highest BCUT2D eigenvalue weighted by Gasteiger charge is 2.24. The zero-order chi connectivity index (χ0) is 28.2. The van der Waals surface area contributed by atoms with Gasteiger partial charge in [-0.1, -0.05) is 53.5 Å². The van der Waals surface area contributed by atoms with E-state index in [1.165, 1.54) is 35.8 Å². The van der Waals surface area contributed by atoms with Crippen LogP contribution < -0.4 is 15.5 Å². The van der Waals surface area contributed by atoms with Crippen LogP contribution in [0.3, 0.4) is 0 Å². The number of hydrazone groups is 1. The number of benzene rings is 3. The summed E-state index contributed by atoms with van der Waals surface area (Å²) in [6, 6.07) is 17.3. The molecule has 1 aliphatic carbocycles. The molecule has 1 aromatic heterocycles. The van der Waals surface area contributed by atoms with E-state index in [-0.39, 0.29) is 16.3 Å². The highest BCUT2D eigenvalue weighted by Crippen LogP contribution is 2.37. The van der Waals surface area contributed by atoms with Crippen LogP contribution in [0, 0.1) is 11.3 Å². The Morgan fingerprint density at radius 1 is 1.02 bits per heavy atom. The lowest BCUT2D eigenvalue weighted by Gasteiger charge is -2.11. The van der Waals surface area contributed by atoms with Crippen molar-refractivity contribution in [1.29, 1.82) is 5.26 Å². The first-order valence-electron chi connectivity index (χ1n) is 12.2. The number of fused-ring (bicyclic) bond motifs is 2. The van der Waals surface area contributed by atoms with E-state index in [1.54, 1.807) is 24.3 Å². The third-order valence-electron chi connectivity index (χ3n) is 6.36. The van der Waals surface area contributed by atoms with E-state index in [1.807, 2.05) is 12.1 Å². The van der Waals surface area contributed by atoms with Crippen molar-refractivity contribution in [2.24, 2.45) is 5.10 Å². The Kier molecular flexibility index (Phi) is 8.12. The van der Waals surface area contributed by atoms with Crippen molar-refractivity contribution >= 4 is 74.3 Å². The molecule has 0 saturated heterocycles. The van der Waals surface area contributed by atoms with Crippen molar-refractivity contribution in [3.63, 3.8) is 0 Å².